The highest BCUT2D eigenvalue weighted by Gasteiger charge is 2.18. The van der Waals surface area contributed by atoms with E-state index in [9.17, 15) is 10.1 Å². The van der Waals surface area contributed by atoms with Crippen LogP contribution in [0.2, 0.25) is 5.28 Å². The Morgan fingerprint density at radius 2 is 2.10 bits per heavy atom. The molecule has 0 fully saturated rings. The van der Waals surface area contributed by atoms with E-state index in [4.69, 9.17) is 11.6 Å². The number of benzene rings is 1. The Hall–Kier alpha value is -2.21. The molecule has 0 spiro atoms. The molecule has 1 aromatic heterocycles. The van der Waals surface area contributed by atoms with Crippen LogP contribution in [0.1, 0.15) is 12.5 Å². The lowest BCUT2D eigenvalue weighted by Crippen LogP contribution is -2.20. The van der Waals surface area contributed by atoms with Gasteiger partial charge in [-0.05, 0) is 30.5 Å². The lowest BCUT2D eigenvalue weighted by molar-refractivity contribution is -0.384. The molecule has 0 aliphatic heterocycles. The minimum absolute atomic E-state index is 0.0231. The number of hydrogen-bond donors (Lipinski definition) is 1. The summed E-state index contributed by atoms with van der Waals surface area (Å²) >= 11 is 5.68. The van der Waals surface area contributed by atoms with Crippen molar-refractivity contribution in [3.63, 3.8) is 0 Å². The van der Waals surface area contributed by atoms with Crippen LogP contribution in [-0.2, 0) is 6.42 Å². The first-order valence-electron chi connectivity index (χ1n) is 6.03. The molecule has 1 aromatic carbocycles. The van der Waals surface area contributed by atoms with Gasteiger partial charge in [0.15, 0.2) is 0 Å². The van der Waals surface area contributed by atoms with Gasteiger partial charge in [-0.15, -0.1) is 0 Å². The van der Waals surface area contributed by atoms with Gasteiger partial charge >= 0.3 is 5.69 Å². The summed E-state index contributed by atoms with van der Waals surface area (Å²) in [6.07, 6.45) is 1.83. The third-order valence-electron chi connectivity index (χ3n) is 2.70. The zero-order chi connectivity index (χ0) is 14.5. The zero-order valence-electron chi connectivity index (χ0n) is 10.8. The molecular weight excluding hydrogens is 280 g/mol. The van der Waals surface area contributed by atoms with E-state index in [1.165, 1.54) is 0 Å². The standard InChI is InChI=1S/C13H13ClN4O2/c1-9(7-10-5-3-2-4-6-10)16-12-11(18(19)20)8-15-13(14)17-12/h2-6,8-9H,7H2,1H3,(H,15,16,17). The first-order chi connectivity index (χ1) is 9.56. The van der Waals surface area contributed by atoms with Crippen LogP contribution in [0.5, 0.6) is 0 Å². The minimum atomic E-state index is -0.534. The quantitative estimate of drug-likeness (QED) is 0.520. The molecule has 1 atom stereocenters. The number of halogens is 1. The zero-order valence-corrected chi connectivity index (χ0v) is 11.5. The van der Waals surface area contributed by atoms with E-state index < -0.39 is 4.92 Å². The third kappa shape index (κ3) is 3.64. The Kier molecular flexibility index (Phi) is 4.47. The van der Waals surface area contributed by atoms with Gasteiger partial charge in [0.2, 0.25) is 11.1 Å². The number of nitro groups is 1. The van der Waals surface area contributed by atoms with Crippen molar-refractivity contribution in [3.8, 4) is 0 Å². The smallest absolute Gasteiger partial charge is 0.329 e. The van der Waals surface area contributed by atoms with E-state index in [0.29, 0.717) is 0 Å². The van der Waals surface area contributed by atoms with Gasteiger partial charge in [0.05, 0.1) is 4.92 Å². The molecule has 7 heteroatoms. The summed E-state index contributed by atoms with van der Waals surface area (Å²) in [6.45, 7) is 1.92. The number of nitrogens with zero attached hydrogens (tertiary/aromatic N) is 3. The van der Waals surface area contributed by atoms with Crippen LogP contribution in [0.25, 0.3) is 0 Å². The Bertz CT molecular complexity index is 607. The second kappa shape index (κ2) is 6.29. The van der Waals surface area contributed by atoms with Crippen molar-refractivity contribution in [2.45, 2.75) is 19.4 Å². The summed E-state index contributed by atoms with van der Waals surface area (Å²) in [5.41, 5.74) is 0.949. The maximum absolute atomic E-state index is 10.9. The summed E-state index contributed by atoms with van der Waals surface area (Å²) in [4.78, 5) is 17.9. The van der Waals surface area contributed by atoms with Crippen LogP contribution < -0.4 is 5.32 Å². The Balaban J connectivity index is 2.13. The second-order valence-corrected chi connectivity index (χ2v) is 4.70. The van der Waals surface area contributed by atoms with Crippen molar-refractivity contribution in [1.29, 1.82) is 0 Å². The summed E-state index contributed by atoms with van der Waals surface area (Å²) in [5, 5.41) is 13.9. The molecule has 0 saturated carbocycles. The molecular formula is C13H13ClN4O2. The van der Waals surface area contributed by atoms with Crippen LogP contribution in [0.15, 0.2) is 36.5 Å². The Morgan fingerprint density at radius 1 is 1.40 bits per heavy atom. The van der Waals surface area contributed by atoms with Crippen LogP contribution >= 0.6 is 11.6 Å². The highest BCUT2D eigenvalue weighted by molar-refractivity contribution is 6.28. The van der Waals surface area contributed by atoms with Gasteiger partial charge in [-0.25, -0.2) is 4.98 Å². The van der Waals surface area contributed by atoms with Crippen molar-refractivity contribution in [1.82, 2.24) is 9.97 Å². The fourth-order valence-electron chi connectivity index (χ4n) is 1.85. The molecule has 104 valence electrons. The summed E-state index contributed by atoms with van der Waals surface area (Å²) < 4.78 is 0. The Labute approximate surface area is 121 Å². The number of aromatic nitrogens is 2. The molecule has 2 aromatic rings. The Morgan fingerprint density at radius 3 is 2.75 bits per heavy atom. The van der Waals surface area contributed by atoms with Gasteiger partial charge in [0.25, 0.3) is 0 Å². The highest BCUT2D eigenvalue weighted by Crippen LogP contribution is 2.23. The predicted molar refractivity (Wildman–Crippen MR) is 76.9 cm³/mol. The van der Waals surface area contributed by atoms with E-state index in [2.05, 4.69) is 15.3 Å². The topological polar surface area (TPSA) is 81.0 Å². The SMILES string of the molecule is CC(Cc1ccccc1)Nc1nc(Cl)ncc1[N+](=O)[O-]. The fraction of sp³-hybridized carbons (Fsp3) is 0.231. The molecule has 20 heavy (non-hydrogen) atoms. The first-order valence-corrected chi connectivity index (χ1v) is 6.41. The van der Waals surface area contributed by atoms with Crippen molar-refractivity contribution >= 4 is 23.1 Å². The highest BCUT2D eigenvalue weighted by atomic mass is 35.5. The number of nitrogens with one attached hydrogen (secondary N) is 1. The fourth-order valence-corrected chi connectivity index (χ4v) is 1.98. The molecule has 0 bridgehead atoms. The van der Waals surface area contributed by atoms with E-state index in [-0.39, 0.29) is 22.8 Å². The van der Waals surface area contributed by atoms with E-state index >= 15 is 0 Å². The number of rotatable bonds is 5. The molecule has 2 rings (SSSR count). The van der Waals surface area contributed by atoms with Crippen molar-refractivity contribution in [2.75, 3.05) is 5.32 Å². The number of anilines is 1. The third-order valence-corrected chi connectivity index (χ3v) is 2.89. The maximum atomic E-state index is 10.9. The normalized spacial score (nSPS) is 11.9. The molecule has 0 amide bonds. The summed E-state index contributed by atoms with van der Waals surface area (Å²) in [5.74, 6) is 0.137. The average molecular weight is 293 g/mol. The first kappa shape index (κ1) is 14.2. The molecule has 0 aliphatic carbocycles. The summed E-state index contributed by atoms with van der Waals surface area (Å²) in [6, 6.07) is 9.82. The van der Waals surface area contributed by atoms with Crippen LogP contribution in [-0.4, -0.2) is 20.9 Å². The minimum Gasteiger partial charge on any atom is -0.361 e. The summed E-state index contributed by atoms with van der Waals surface area (Å²) in [7, 11) is 0. The molecule has 1 heterocycles. The number of hydrogen-bond acceptors (Lipinski definition) is 5. The molecule has 1 unspecified atom stereocenters. The average Bonchev–Trinajstić information content (AvgIpc) is 2.39. The molecule has 6 nitrogen and oxygen atoms in total. The lowest BCUT2D eigenvalue weighted by Gasteiger charge is -2.14. The van der Waals surface area contributed by atoms with Crippen molar-refractivity contribution in [2.24, 2.45) is 0 Å². The second-order valence-electron chi connectivity index (χ2n) is 4.37. The van der Waals surface area contributed by atoms with Crippen molar-refractivity contribution < 1.29 is 4.92 Å². The lowest BCUT2D eigenvalue weighted by atomic mass is 10.1. The van der Waals surface area contributed by atoms with Gasteiger partial charge in [-0.1, -0.05) is 30.3 Å². The maximum Gasteiger partial charge on any atom is 0.329 e. The van der Waals surface area contributed by atoms with Gasteiger partial charge in [-0.2, -0.15) is 4.98 Å². The molecule has 0 saturated heterocycles. The monoisotopic (exact) mass is 292 g/mol. The van der Waals surface area contributed by atoms with Crippen LogP contribution in [0.4, 0.5) is 11.5 Å². The van der Waals surface area contributed by atoms with Gasteiger partial charge in [0, 0.05) is 6.04 Å². The van der Waals surface area contributed by atoms with Gasteiger partial charge < -0.3 is 5.32 Å². The largest absolute Gasteiger partial charge is 0.361 e. The van der Waals surface area contributed by atoms with Crippen LogP contribution in [0, 0.1) is 10.1 Å². The predicted octanol–water partition coefficient (Wildman–Crippen LogP) is 3.08. The van der Waals surface area contributed by atoms with E-state index in [0.717, 1.165) is 18.2 Å². The van der Waals surface area contributed by atoms with E-state index in [1.54, 1.807) is 0 Å². The van der Waals surface area contributed by atoms with E-state index in [1.807, 2.05) is 37.3 Å². The van der Waals surface area contributed by atoms with Crippen molar-refractivity contribution in [3.05, 3.63) is 57.5 Å². The van der Waals surface area contributed by atoms with Gasteiger partial charge in [0.1, 0.15) is 6.20 Å². The molecule has 0 aliphatic rings. The molecule has 0 radical (unpaired) electrons. The molecule has 1 N–H and O–H groups in total. The van der Waals surface area contributed by atoms with Gasteiger partial charge in [-0.3, -0.25) is 10.1 Å². The van der Waals surface area contributed by atoms with Crippen LogP contribution in [0.3, 0.4) is 0 Å².